The minimum Gasteiger partial charge on any atom is -0.299 e. The summed E-state index contributed by atoms with van der Waals surface area (Å²) in [5, 5.41) is 0. The minimum absolute atomic E-state index is 0.221. The summed E-state index contributed by atoms with van der Waals surface area (Å²) in [5.74, 6) is 0.221. The van der Waals surface area contributed by atoms with E-state index in [1.54, 1.807) is 24.8 Å². The van der Waals surface area contributed by atoms with Crippen LogP contribution in [0, 0.1) is 0 Å². The molecule has 0 amide bonds. The molecule has 3 nitrogen and oxygen atoms in total. The van der Waals surface area contributed by atoms with Gasteiger partial charge in [-0.15, -0.1) is 0 Å². The first kappa shape index (κ1) is 12.9. The lowest BCUT2D eigenvalue weighted by Crippen LogP contribution is -2.04. The molecule has 4 heteroatoms. The van der Waals surface area contributed by atoms with Gasteiger partial charge >= 0.3 is 0 Å². The van der Waals surface area contributed by atoms with Gasteiger partial charge in [0.2, 0.25) is 0 Å². The van der Waals surface area contributed by atoms with Gasteiger partial charge in [-0.3, -0.25) is 14.8 Å². The standard InChI is InChI=1S/C14H13BrN2O/c15-13-6-12(9-17-10-13)7-14(18)4-3-11-2-1-5-16-8-11/h1-2,5-6,8-10H,3-4,7H2. The summed E-state index contributed by atoms with van der Waals surface area (Å²) in [7, 11) is 0. The number of carbonyl (C=O) groups excluding carboxylic acids is 1. The molecule has 0 aliphatic rings. The average molecular weight is 305 g/mol. The van der Waals surface area contributed by atoms with Gasteiger partial charge in [0.25, 0.3) is 0 Å². The highest BCUT2D eigenvalue weighted by molar-refractivity contribution is 9.10. The second kappa shape index (κ2) is 6.40. The normalized spacial score (nSPS) is 10.3. The van der Waals surface area contributed by atoms with Crippen molar-refractivity contribution in [2.75, 3.05) is 0 Å². The predicted molar refractivity (Wildman–Crippen MR) is 73.2 cm³/mol. The van der Waals surface area contributed by atoms with Gasteiger partial charge in [-0.2, -0.15) is 0 Å². The molecule has 0 aromatic carbocycles. The highest BCUT2D eigenvalue weighted by Crippen LogP contribution is 2.11. The molecular weight excluding hydrogens is 292 g/mol. The van der Waals surface area contributed by atoms with Crippen LogP contribution in [0.4, 0.5) is 0 Å². The van der Waals surface area contributed by atoms with Crippen LogP contribution in [0.1, 0.15) is 17.5 Å². The van der Waals surface area contributed by atoms with E-state index in [4.69, 9.17) is 0 Å². The van der Waals surface area contributed by atoms with Crippen LogP contribution in [0.25, 0.3) is 0 Å². The summed E-state index contributed by atoms with van der Waals surface area (Å²) >= 11 is 3.35. The van der Waals surface area contributed by atoms with Crippen molar-refractivity contribution in [1.82, 2.24) is 9.97 Å². The Kier molecular flexibility index (Phi) is 4.59. The molecule has 0 unspecified atom stereocenters. The van der Waals surface area contributed by atoms with Gasteiger partial charge in [0.05, 0.1) is 0 Å². The molecule has 2 aromatic heterocycles. The lowest BCUT2D eigenvalue weighted by atomic mass is 10.0. The molecule has 18 heavy (non-hydrogen) atoms. The first-order valence-corrected chi connectivity index (χ1v) is 6.53. The van der Waals surface area contributed by atoms with Crippen LogP contribution >= 0.6 is 15.9 Å². The number of halogens is 1. The highest BCUT2D eigenvalue weighted by Gasteiger charge is 2.05. The SMILES string of the molecule is O=C(CCc1cccnc1)Cc1cncc(Br)c1. The molecular formula is C14H13BrN2O. The van der Waals surface area contributed by atoms with E-state index in [1.807, 2.05) is 18.2 Å². The molecule has 2 rings (SSSR count). The average Bonchev–Trinajstić information content (AvgIpc) is 2.38. The molecule has 0 aliphatic heterocycles. The van der Waals surface area contributed by atoms with Crippen LogP contribution in [0.5, 0.6) is 0 Å². The van der Waals surface area contributed by atoms with Gasteiger partial charge in [0.1, 0.15) is 5.78 Å². The Bertz CT molecular complexity index is 528. The molecule has 0 bridgehead atoms. The first-order valence-electron chi connectivity index (χ1n) is 5.74. The first-order chi connectivity index (χ1) is 8.74. The zero-order valence-electron chi connectivity index (χ0n) is 9.84. The molecule has 92 valence electrons. The van der Waals surface area contributed by atoms with Gasteiger partial charge in [-0.1, -0.05) is 6.07 Å². The monoisotopic (exact) mass is 304 g/mol. The number of rotatable bonds is 5. The molecule has 0 spiro atoms. The second-order valence-corrected chi connectivity index (χ2v) is 5.00. The molecule has 0 atom stereocenters. The largest absolute Gasteiger partial charge is 0.299 e. The van der Waals surface area contributed by atoms with Crippen molar-refractivity contribution in [3.05, 3.63) is 58.6 Å². The van der Waals surface area contributed by atoms with E-state index in [9.17, 15) is 4.79 Å². The molecule has 0 radical (unpaired) electrons. The third-order valence-electron chi connectivity index (χ3n) is 2.58. The van der Waals surface area contributed by atoms with Gasteiger partial charge < -0.3 is 0 Å². The van der Waals surface area contributed by atoms with Crippen LogP contribution in [0.2, 0.25) is 0 Å². The van der Waals surface area contributed by atoms with E-state index < -0.39 is 0 Å². The van der Waals surface area contributed by atoms with Crippen LogP contribution in [0.15, 0.2) is 47.5 Å². The number of nitrogens with zero attached hydrogens (tertiary/aromatic N) is 2. The fraction of sp³-hybridized carbons (Fsp3) is 0.214. The Morgan fingerprint density at radius 1 is 1.17 bits per heavy atom. The Morgan fingerprint density at radius 2 is 2.00 bits per heavy atom. The number of aromatic nitrogens is 2. The minimum atomic E-state index is 0.221. The summed E-state index contributed by atoms with van der Waals surface area (Å²) in [5.41, 5.74) is 2.04. The van der Waals surface area contributed by atoms with Gasteiger partial charge in [-0.05, 0) is 45.6 Å². The number of aryl methyl sites for hydroxylation is 1. The van der Waals surface area contributed by atoms with Crippen molar-refractivity contribution in [1.29, 1.82) is 0 Å². The van der Waals surface area contributed by atoms with Gasteiger partial charge in [0, 0.05) is 42.1 Å². The molecule has 2 aromatic rings. The summed E-state index contributed by atoms with van der Waals surface area (Å²) in [6.07, 6.45) is 8.70. The van der Waals surface area contributed by atoms with Crippen molar-refractivity contribution in [2.45, 2.75) is 19.3 Å². The van der Waals surface area contributed by atoms with E-state index in [0.29, 0.717) is 12.8 Å². The summed E-state index contributed by atoms with van der Waals surface area (Å²) in [6, 6.07) is 5.80. The molecule has 2 heterocycles. The molecule has 0 N–H and O–H groups in total. The summed E-state index contributed by atoms with van der Waals surface area (Å²) in [4.78, 5) is 19.9. The van der Waals surface area contributed by atoms with E-state index >= 15 is 0 Å². The third-order valence-corrected chi connectivity index (χ3v) is 3.01. The van der Waals surface area contributed by atoms with Crippen LogP contribution in [-0.2, 0) is 17.6 Å². The Morgan fingerprint density at radius 3 is 2.72 bits per heavy atom. The maximum absolute atomic E-state index is 11.8. The van der Waals surface area contributed by atoms with Crippen LogP contribution < -0.4 is 0 Å². The lowest BCUT2D eigenvalue weighted by Gasteiger charge is -2.02. The Labute approximate surface area is 114 Å². The molecule has 0 fully saturated rings. The van der Waals surface area contributed by atoms with Crippen molar-refractivity contribution in [3.8, 4) is 0 Å². The van der Waals surface area contributed by atoms with Gasteiger partial charge in [-0.25, -0.2) is 0 Å². The highest BCUT2D eigenvalue weighted by atomic mass is 79.9. The number of carbonyl (C=O) groups is 1. The van der Waals surface area contributed by atoms with E-state index in [2.05, 4.69) is 25.9 Å². The van der Waals surface area contributed by atoms with Crippen molar-refractivity contribution >= 4 is 21.7 Å². The number of pyridine rings is 2. The quantitative estimate of drug-likeness (QED) is 0.853. The number of hydrogen-bond donors (Lipinski definition) is 0. The second-order valence-electron chi connectivity index (χ2n) is 4.09. The Balaban J connectivity index is 1.86. The van der Waals surface area contributed by atoms with Gasteiger partial charge in [0.15, 0.2) is 0 Å². The smallest absolute Gasteiger partial charge is 0.137 e. The maximum atomic E-state index is 11.8. The third kappa shape index (κ3) is 4.04. The lowest BCUT2D eigenvalue weighted by molar-refractivity contribution is -0.118. The Hall–Kier alpha value is -1.55. The van der Waals surface area contributed by atoms with E-state index in [1.165, 1.54) is 0 Å². The molecule has 0 aliphatic carbocycles. The molecule has 0 saturated heterocycles. The van der Waals surface area contributed by atoms with E-state index in [0.717, 1.165) is 22.0 Å². The number of hydrogen-bond acceptors (Lipinski definition) is 3. The number of Topliss-reactive ketones (excluding diaryl/α,β-unsaturated/α-hetero) is 1. The van der Waals surface area contributed by atoms with E-state index in [-0.39, 0.29) is 5.78 Å². The van der Waals surface area contributed by atoms with Crippen LogP contribution in [-0.4, -0.2) is 15.8 Å². The fourth-order valence-corrected chi connectivity index (χ4v) is 2.11. The van der Waals surface area contributed by atoms with Crippen LogP contribution in [0.3, 0.4) is 0 Å². The van der Waals surface area contributed by atoms with Crippen molar-refractivity contribution in [3.63, 3.8) is 0 Å². The zero-order valence-corrected chi connectivity index (χ0v) is 11.4. The zero-order chi connectivity index (χ0) is 12.8. The number of ketones is 1. The summed E-state index contributed by atoms with van der Waals surface area (Å²) in [6.45, 7) is 0. The topological polar surface area (TPSA) is 42.9 Å². The van der Waals surface area contributed by atoms with Crippen molar-refractivity contribution in [2.24, 2.45) is 0 Å². The predicted octanol–water partition coefficient (Wildman–Crippen LogP) is 2.98. The summed E-state index contributed by atoms with van der Waals surface area (Å²) < 4.78 is 0.903. The maximum Gasteiger partial charge on any atom is 0.137 e. The van der Waals surface area contributed by atoms with Crippen molar-refractivity contribution < 1.29 is 4.79 Å². The molecule has 0 saturated carbocycles. The fourth-order valence-electron chi connectivity index (χ4n) is 1.70.